The zero-order valence-electron chi connectivity index (χ0n) is 8.63. The van der Waals surface area contributed by atoms with Crippen molar-refractivity contribution in [1.29, 1.82) is 0 Å². The number of phenolic OH excluding ortho intramolecular Hbond substituents is 1. The summed E-state index contributed by atoms with van der Waals surface area (Å²) in [6.45, 7) is 3.61. The third kappa shape index (κ3) is 3.00. The smallest absolute Gasteiger partial charge is 0.123 e. The number of hydrogen-bond acceptors (Lipinski definition) is 2. The quantitative estimate of drug-likeness (QED) is 0.801. The van der Waals surface area contributed by atoms with E-state index in [-0.39, 0.29) is 11.6 Å². The molecule has 1 N–H and O–H groups in total. The highest BCUT2D eigenvalue weighted by Crippen LogP contribution is 2.19. The maximum absolute atomic E-state index is 12.9. The zero-order valence-corrected chi connectivity index (χ0v) is 8.63. The van der Waals surface area contributed by atoms with Gasteiger partial charge < -0.3 is 10.0 Å². The van der Waals surface area contributed by atoms with E-state index < -0.39 is 0 Å². The molecule has 0 amide bonds. The maximum atomic E-state index is 12.9. The van der Waals surface area contributed by atoms with Crippen LogP contribution in [0.25, 0.3) is 0 Å². The van der Waals surface area contributed by atoms with Crippen LogP contribution in [0.2, 0.25) is 0 Å². The molecule has 1 aromatic carbocycles. The minimum absolute atomic E-state index is 0.161. The first-order chi connectivity index (χ1) is 6.63. The first-order valence-electron chi connectivity index (χ1n) is 4.79. The summed E-state index contributed by atoms with van der Waals surface area (Å²) in [7, 11) is 1.95. The second kappa shape index (κ2) is 4.96. The fourth-order valence-corrected chi connectivity index (χ4v) is 1.43. The molecular weight excluding hydrogens is 181 g/mol. The van der Waals surface area contributed by atoms with E-state index in [4.69, 9.17) is 0 Å². The molecule has 0 spiro atoms. The highest BCUT2D eigenvalue weighted by Gasteiger charge is 2.05. The first-order valence-corrected chi connectivity index (χ1v) is 4.79. The molecular formula is C11H16FNO. The summed E-state index contributed by atoms with van der Waals surface area (Å²) < 4.78 is 12.9. The van der Waals surface area contributed by atoms with Gasteiger partial charge in [-0.25, -0.2) is 4.39 Å². The van der Waals surface area contributed by atoms with Crippen molar-refractivity contribution < 1.29 is 9.50 Å². The monoisotopic (exact) mass is 197 g/mol. The Balaban J connectivity index is 2.70. The van der Waals surface area contributed by atoms with Gasteiger partial charge in [-0.2, -0.15) is 0 Å². The number of hydrogen-bond donors (Lipinski definition) is 1. The molecule has 0 aliphatic heterocycles. The van der Waals surface area contributed by atoms with Gasteiger partial charge in [0.25, 0.3) is 0 Å². The van der Waals surface area contributed by atoms with Crippen molar-refractivity contribution in [3.63, 3.8) is 0 Å². The van der Waals surface area contributed by atoms with Crippen molar-refractivity contribution in [2.75, 3.05) is 13.6 Å². The summed E-state index contributed by atoms with van der Waals surface area (Å²) >= 11 is 0. The van der Waals surface area contributed by atoms with Gasteiger partial charge in [-0.15, -0.1) is 0 Å². The number of aromatic hydroxyl groups is 1. The summed E-state index contributed by atoms with van der Waals surface area (Å²) in [5, 5.41) is 9.46. The van der Waals surface area contributed by atoms with Crippen molar-refractivity contribution in [1.82, 2.24) is 4.90 Å². The second-order valence-corrected chi connectivity index (χ2v) is 3.51. The number of rotatable bonds is 4. The predicted octanol–water partition coefficient (Wildman–Crippen LogP) is 2.37. The average Bonchev–Trinajstić information content (AvgIpc) is 2.12. The number of nitrogens with zero attached hydrogens (tertiary/aromatic N) is 1. The van der Waals surface area contributed by atoms with Crippen molar-refractivity contribution >= 4 is 0 Å². The fourth-order valence-electron chi connectivity index (χ4n) is 1.43. The molecule has 78 valence electrons. The van der Waals surface area contributed by atoms with Crippen LogP contribution in [-0.4, -0.2) is 23.6 Å². The predicted molar refractivity (Wildman–Crippen MR) is 54.7 cm³/mol. The molecule has 2 nitrogen and oxygen atoms in total. The minimum atomic E-state index is -0.303. The van der Waals surface area contributed by atoms with Gasteiger partial charge in [0.05, 0.1) is 0 Å². The van der Waals surface area contributed by atoms with Gasteiger partial charge in [-0.3, -0.25) is 0 Å². The van der Waals surface area contributed by atoms with Crippen LogP contribution in [0.4, 0.5) is 4.39 Å². The van der Waals surface area contributed by atoms with E-state index in [1.54, 1.807) is 0 Å². The highest BCUT2D eigenvalue weighted by atomic mass is 19.1. The van der Waals surface area contributed by atoms with Crippen LogP contribution in [0.3, 0.4) is 0 Å². The van der Waals surface area contributed by atoms with Crippen LogP contribution >= 0.6 is 0 Å². The van der Waals surface area contributed by atoms with E-state index >= 15 is 0 Å². The van der Waals surface area contributed by atoms with Crippen molar-refractivity contribution in [3.8, 4) is 5.75 Å². The summed E-state index contributed by atoms with van der Waals surface area (Å²) in [6, 6.07) is 4.03. The molecule has 0 bridgehead atoms. The van der Waals surface area contributed by atoms with Gasteiger partial charge in [0.1, 0.15) is 11.6 Å². The second-order valence-electron chi connectivity index (χ2n) is 3.51. The highest BCUT2D eigenvalue weighted by molar-refractivity contribution is 5.32. The molecule has 0 aromatic heterocycles. The summed E-state index contributed by atoms with van der Waals surface area (Å²) in [5.74, 6) is -0.142. The lowest BCUT2D eigenvalue weighted by Gasteiger charge is -2.16. The van der Waals surface area contributed by atoms with Gasteiger partial charge >= 0.3 is 0 Å². The Morgan fingerprint density at radius 2 is 2.14 bits per heavy atom. The minimum Gasteiger partial charge on any atom is -0.508 e. The molecule has 14 heavy (non-hydrogen) atoms. The van der Waals surface area contributed by atoms with E-state index in [1.807, 2.05) is 7.05 Å². The Bertz CT molecular complexity index is 301. The standard InChI is InChI=1S/C11H16FNO/c1-3-6-13(2)8-9-7-10(12)4-5-11(9)14/h4-5,7,14H,3,6,8H2,1-2H3. The van der Waals surface area contributed by atoms with E-state index in [0.29, 0.717) is 12.1 Å². The van der Waals surface area contributed by atoms with Crippen LogP contribution in [0, 0.1) is 5.82 Å². The van der Waals surface area contributed by atoms with Crippen LogP contribution in [0.1, 0.15) is 18.9 Å². The van der Waals surface area contributed by atoms with Crippen LogP contribution in [0.15, 0.2) is 18.2 Å². The van der Waals surface area contributed by atoms with Crippen molar-refractivity contribution in [2.24, 2.45) is 0 Å². The topological polar surface area (TPSA) is 23.5 Å². The molecule has 0 atom stereocenters. The molecule has 3 heteroatoms. The molecule has 0 unspecified atom stereocenters. The largest absolute Gasteiger partial charge is 0.508 e. The SMILES string of the molecule is CCCN(C)Cc1cc(F)ccc1O. The van der Waals surface area contributed by atoms with Gasteiger partial charge in [0, 0.05) is 12.1 Å². The van der Waals surface area contributed by atoms with Crippen LogP contribution in [0.5, 0.6) is 5.75 Å². The number of benzene rings is 1. The molecule has 0 saturated carbocycles. The molecule has 0 aliphatic rings. The normalized spacial score (nSPS) is 10.9. The molecule has 0 heterocycles. The fraction of sp³-hybridized carbons (Fsp3) is 0.455. The Morgan fingerprint density at radius 3 is 2.79 bits per heavy atom. The molecule has 0 radical (unpaired) electrons. The Hall–Kier alpha value is -1.09. The van der Waals surface area contributed by atoms with Gasteiger partial charge in [0.15, 0.2) is 0 Å². The Morgan fingerprint density at radius 1 is 1.43 bits per heavy atom. The van der Waals surface area contributed by atoms with Gasteiger partial charge in [0.2, 0.25) is 0 Å². The lowest BCUT2D eigenvalue weighted by atomic mass is 10.2. The lowest BCUT2D eigenvalue weighted by molar-refractivity contribution is 0.320. The van der Waals surface area contributed by atoms with E-state index in [9.17, 15) is 9.50 Å². The zero-order chi connectivity index (χ0) is 10.6. The first kappa shape index (κ1) is 11.0. The Labute approximate surface area is 84.0 Å². The summed E-state index contributed by atoms with van der Waals surface area (Å²) in [6.07, 6.45) is 1.05. The van der Waals surface area contributed by atoms with Crippen LogP contribution in [-0.2, 0) is 6.54 Å². The Kier molecular flexibility index (Phi) is 3.89. The summed E-state index contributed by atoms with van der Waals surface area (Å²) in [5.41, 5.74) is 0.640. The van der Waals surface area contributed by atoms with Gasteiger partial charge in [-0.1, -0.05) is 6.92 Å². The third-order valence-electron chi connectivity index (χ3n) is 2.09. The molecule has 1 rings (SSSR count). The van der Waals surface area contributed by atoms with Crippen molar-refractivity contribution in [2.45, 2.75) is 19.9 Å². The average molecular weight is 197 g/mol. The van der Waals surface area contributed by atoms with Crippen molar-refractivity contribution in [3.05, 3.63) is 29.6 Å². The molecule has 1 aromatic rings. The molecule has 0 saturated heterocycles. The number of halogens is 1. The third-order valence-corrected chi connectivity index (χ3v) is 2.09. The van der Waals surface area contributed by atoms with E-state index in [0.717, 1.165) is 13.0 Å². The maximum Gasteiger partial charge on any atom is 0.123 e. The van der Waals surface area contributed by atoms with E-state index in [1.165, 1.54) is 18.2 Å². The van der Waals surface area contributed by atoms with E-state index in [2.05, 4.69) is 11.8 Å². The van der Waals surface area contributed by atoms with Crippen LogP contribution < -0.4 is 0 Å². The molecule has 0 aliphatic carbocycles. The van der Waals surface area contributed by atoms with Gasteiger partial charge in [-0.05, 0) is 38.2 Å². The summed E-state index contributed by atoms with van der Waals surface area (Å²) in [4.78, 5) is 2.05. The lowest BCUT2D eigenvalue weighted by Crippen LogP contribution is -2.18. The number of phenols is 1. The molecule has 0 fully saturated rings.